The Kier molecular flexibility index (Phi) is 5.86. The Balaban J connectivity index is 1.46. The van der Waals surface area contributed by atoms with Gasteiger partial charge in [-0.05, 0) is 35.2 Å². The van der Waals surface area contributed by atoms with Gasteiger partial charge in [0.25, 0.3) is 0 Å². The number of fused-ring (bicyclic) bond motifs is 1. The van der Waals surface area contributed by atoms with Crippen molar-refractivity contribution in [3.05, 3.63) is 77.9 Å². The number of thiophene rings is 1. The van der Waals surface area contributed by atoms with Gasteiger partial charge >= 0.3 is 0 Å². The van der Waals surface area contributed by atoms with Crippen LogP contribution in [0.15, 0.2) is 66.8 Å². The fraction of sp³-hybridized carbons (Fsp3) is 0.167. The molecule has 146 valence electrons. The molecule has 1 N–H and O–H groups in total. The van der Waals surface area contributed by atoms with E-state index in [1.807, 2.05) is 30.5 Å². The summed E-state index contributed by atoms with van der Waals surface area (Å²) >= 11 is 1.62. The zero-order valence-electron chi connectivity index (χ0n) is 16.4. The van der Waals surface area contributed by atoms with Crippen molar-refractivity contribution in [2.45, 2.75) is 13.3 Å². The lowest BCUT2D eigenvalue weighted by Gasteiger charge is -2.11. The molecule has 0 unspecified atom stereocenters. The van der Waals surface area contributed by atoms with Gasteiger partial charge in [0.15, 0.2) is 0 Å². The van der Waals surface area contributed by atoms with Crippen molar-refractivity contribution in [2.75, 3.05) is 18.5 Å². The highest BCUT2D eigenvalue weighted by Gasteiger charge is 2.08. The van der Waals surface area contributed by atoms with E-state index in [4.69, 9.17) is 4.74 Å². The summed E-state index contributed by atoms with van der Waals surface area (Å²) in [6.45, 7) is 7.44. The summed E-state index contributed by atoms with van der Waals surface area (Å²) in [5.74, 6) is 1.70. The van der Waals surface area contributed by atoms with E-state index in [0.29, 0.717) is 6.61 Å². The molecule has 0 amide bonds. The Morgan fingerprint density at radius 2 is 2.03 bits per heavy atom. The van der Waals surface area contributed by atoms with Crippen LogP contribution < -0.4 is 10.1 Å². The van der Waals surface area contributed by atoms with Gasteiger partial charge in [0.1, 0.15) is 17.9 Å². The van der Waals surface area contributed by atoms with E-state index >= 15 is 0 Å². The molecule has 4 rings (SSSR count). The second-order valence-corrected chi connectivity index (χ2v) is 7.52. The summed E-state index contributed by atoms with van der Waals surface area (Å²) in [5, 5.41) is 7.91. The lowest BCUT2D eigenvalue weighted by molar-refractivity contribution is 0.342. The molecule has 0 aliphatic rings. The molecule has 0 spiro atoms. The zero-order valence-corrected chi connectivity index (χ0v) is 17.2. The third kappa shape index (κ3) is 4.30. The molecule has 2 heterocycles. The molecule has 0 radical (unpaired) electrons. The molecule has 2 aromatic heterocycles. The van der Waals surface area contributed by atoms with Crippen molar-refractivity contribution >= 4 is 34.0 Å². The Morgan fingerprint density at radius 3 is 2.90 bits per heavy atom. The average Bonchev–Trinajstić information content (AvgIpc) is 3.23. The van der Waals surface area contributed by atoms with Gasteiger partial charge in [0.2, 0.25) is 0 Å². The predicted octanol–water partition coefficient (Wildman–Crippen LogP) is 6.05. The number of anilines is 1. The topological polar surface area (TPSA) is 47.0 Å². The van der Waals surface area contributed by atoms with Crippen LogP contribution in [0.1, 0.15) is 18.1 Å². The third-order valence-corrected chi connectivity index (χ3v) is 5.70. The van der Waals surface area contributed by atoms with Crippen LogP contribution in [-0.2, 0) is 6.42 Å². The van der Waals surface area contributed by atoms with Gasteiger partial charge in [-0.3, -0.25) is 0 Å². The SMILES string of the molecule is C=Cc1c(CCNc2cc(-c3cc(OCC)cs3)ncn2)ccc2ccccc12. The lowest BCUT2D eigenvalue weighted by Crippen LogP contribution is -2.07. The summed E-state index contributed by atoms with van der Waals surface area (Å²) < 4.78 is 5.55. The van der Waals surface area contributed by atoms with Crippen LogP contribution in [0.4, 0.5) is 5.82 Å². The molecule has 0 atom stereocenters. The number of rotatable bonds is 8. The maximum atomic E-state index is 5.55. The minimum atomic E-state index is 0.661. The monoisotopic (exact) mass is 401 g/mol. The van der Waals surface area contributed by atoms with E-state index in [2.05, 4.69) is 58.3 Å². The molecule has 0 aliphatic carbocycles. The highest BCUT2D eigenvalue weighted by molar-refractivity contribution is 7.13. The van der Waals surface area contributed by atoms with Crippen molar-refractivity contribution < 1.29 is 4.74 Å². The average molecular weight is 402 g/mol. The summed E-state index contributed by atoms with van der Waals surface area (Å²) in [6.07, 6.45) is 4.44. The largest absolute Gasteiger partial charge is 0.493 e. The van der Waals surface area contributed by atoms with E-state index in [1.54, 1.807) is 17.7 Å². The number of hydrogen-bond donors (Lipinski definition) is 1. The smallest absolute Gasteiger partial charge is 0.130 e. The number of nitrogens with zero attached hydrogens (tertiary/aromatic N) is 2. The van der Waals surface area contributed by atoms with Crippen molar-refractivity contribution in [1.29, 1.82) is 0 Å². The Morgan fingerprint density at radius 1 is 1.14 bits per heavy atom. The fourth-order valence-electron chi connectivity index (χ4n) is 3.41. The quantitative estimate of drug-likeness (QED) is 0.390. The number of hydrogen-bond acceptors (Lipinski definition) is 5. The van der Waals surface area contributed by atoms with Gasteiger partial charge in [-0.15, -0.1) is 11.3 Å². The van der Waals surface area contributed by atoms with Gasteiger partial charge in [-0.2, -0.15) is 0 Å². The third-order valence-electron chi connectivity index (χ3n) is 4.77. The highest BCUT2D eigenvalue weighted by Crippen LogP contribution is 2.30. The van der Waals surface area contributed by atoms with E-state index < -0.39 is 0 Å². The molecule has 0 saturated heterocycles. The molecule has 4 aromatic rings. The molecule has 29 heavy (non-hydrogen) atoms. The Hall–Kier alpha value is -3.18. The Bertz CT molecular complexity index is 1140. The normalized spacial score (nSPS) is 10.8. The van der Waals surface area contributed by atoms with Crippen molar-refractivity contribution in [3.8, 4) is 16.3 Å². The van der Waals surface area contributed by atoms with E-state index in [0.717, 1.165) is 35.1 Å². The van der Waals surface area contributed by atoms with Crippen LogP contribution in [-0.4, -0.2) is 23.1 Å². The number of aromatic nitrogens is 2. The fourth-order valence-corrected chi connectivity index (χ4v) is 4.21. The van der Waals surface area contributed by atoms with Crippen molar-refractivity contribution in [1.82, 2.24) is 9.97 Å². The second-order valence-electron chi connectivity index (χ2n) is 6.61. The second kappa shape index (κ2) is 8.88. The molecular formula is C24H23N3OS. The molecular weight excluding hydrogens is 378 g/mol. The molecule has 4 nitrogen and oxygen atoms in total. The minimum Gasteiger partial charge on any atom is -0.493 e. The molecule has 0 aliphatic heterocycles. The highest BCUT2D eigenvalue weighted by atomic mass is 32.1. The van der Waals surface area contributed by atoms with Crippen LogP contribution in [0.2, 0.25) is 0 Å². The van der Waals surface area contributed by atoms with Crippen molar-refractivity contribution in [3.63, 3.8) is 0 Å². The molecule has 0 fully saturated rings. The first-order valence-corrected chi connectivity index (χ1v) is 10.6. The van der Waals surface area contributed by atoms with E-state index in [1.165, 1.54) is 21.9 Å². The maximum absolute atomic E-state index is 5.55. The first-order chi connectivity index (χ1) is 14.3. The van der Waals surface area contributed by atoms with Crippen LogP contribution in [0.5, 0.6) is 5.75 Å². The summed E-state index contributed by atoms with van der Waals surface area (Å²) in [4.78, 5) is 9.84. The van der Waals surface area contributed by atoms with Crippen LogP contribution in [0.25, 0.3) is 27.4 Å². The Labute approximate surface area is 174 Å². The van der Waals surface area contributed by atoms with Gasteiger partial charge in [0.05, 0.1) is 17.2 Å². The predicted molar refractivity (Wildman–Crippen MR) is 123 cm³/mol. The summed E-state index contributed by atoms with van der Waals surface area (Å²) in [6, 6.07) is 16.8. The molecule has 5 heteroatoms. The van der Waals surface area contributed by atoms with E-state index in [9.17, 15) is 0 Å². The summed E-state index contributed by atoms with van der Waals surface area (Å²) in [5.41, 5.74) is 3.38. The first kappa shape index (κ1) is 19.2. The number of nitrogens with one attached hydrogen (secondary N) is 1. The first-order valence-electron chi connectivity index (χ1n) is 9.69. The van der Waals surface area contributed by atoms with Gasteiger partial charge in [-0.25, -0.2) is 9.97 Å². The molecule has 0 bridgehead atoms. The van der Waals surface area contributed by atoms with E-state index in [-0.39, 0.29) is 0 Å². The molecule has 2 aromatic carbocycles. The van der Waals surface area contributed by atoms with Crippen molar-refractivity contribution in [2.24, 2.45) is 0 Å². The zero-order chi connectivity index (χ0) is 20.1. The van der Waals surface area contributed by atoms with Crippen LogP contribution in [0.3, 0.4) is 0 Å². The van der Waals surface area contributed by atoms with Crippen LogP contribution >= 0.6 is 11.3 Å². The maximum Gasteiger partial charge on any atom is 0.130 e. The lowest BCUT2D eigenvalue weighted by atomic mass is 9.97. The van der Waals surface area contributed by atoms with Gasteiger partial charge in [0, 0.05) is 24.1 Å². The summed E-state index contributed by atoms with van der Waals surface area (Å²) in [7, 11) is 0. The number of ether oxygens (including phenoxy) is 1. The standard InChI is InChI=1S/C24H23N3OS/c1-3-20-18(10-9-17-7-5-6-8-21(17)20)11-12-25-24-14-22(26-16-27-24)23-13-19(15-29-23)28-4-2/h3,5-10,13-16H,1,4,11-12H2,2H3,(H,25,26,27). The van der Waals surface area contributed by atoms with Gasteiger partial charge in [-0.1, -0.05) is 49.1 Å². The number of benzene rings is 2. The van der Waals surface area contributed by atoms with Crippen LogP contribution in [0, 0.1) is 0 Å². The minimum absolute atomic E-state index is 0.661. The van der Waals surface area contributed by atoms with Gasteiger partial charge < -0.3 is 10.1 Å². The molecule has 0 saturated carbocycles.